The fraction of sp³-hybridized carbons (Fsp3) is 0.176. The highest BCUT2D eigenvalue weighted by molar-refractivity contribution is 9.10. The lowest BCUT2D eigenvalue weighted by molar-refractivity contribution is 0.470. The van der Waals surface area contributed by atoms with Crippen molar-refractivity contribution in [3.05, 3.63) is 56.5 Å². The lowest BCUT2D eigenvalue weighted by atomic mass is 10.2. The van der Waals surface area contributed by atoms with Crippen LogP contribution >= 0.6 is 31.9 Å². The van der Waals surface area contributed by atoms with Crippen molar-refractivity contribution in [1.29, 1.82) is 0 Å². The zero-order chi connectivity index (χ0) is 16.7. The molecular weight excluding hydrogens is 424 g/mol. The molecule has 2 aromatic carbocycles. The van der Waals surface area contributed by atoms with Gasteiger partial charge in [-0.3, -0.25) is 9.98 Å². The fourth-order valence-electron chi connectivity index (χ4n) is 1.85. The van der Waals surface area contributed by atoms with Gasteiger partial charge in [0.15, 0.2) is 0 Å². The number of hydrogen-bond donors (Lipinski definition) is 2. The van der Waals surface area contributed by atoms with Gasteiger partial charge in [-0.05, 0) is 62.5 Å². The topological polar surface area (TPSA) is 65.2 Å². The molecule has 0 spiro atoms. The summed E-state index contributed by atoms with van der Waals surface area (Å²) in [6.07, 6.45) is 4.10. The van der Waals surface area contributed by atoms with Gasteiger partial charge in [0.1, 0.15) is 11.5 Å². The second kappa shape index (κ2) is 8.84. The number of phenolic OH excluding ortho intramolecular Hbond substituents is 2. The van der Waals surface area contributed by atoms with Crippen molar-refractivity contribution in [2.75, 3.05) is 13.1 Å². The third kappa shape index (κ3) is 5.18. The van der Waals surface area contributed by atoms with Crippen LogP contribution in [0.4, 0.5) is 0 Å². The van der Waals surface area contributed by atoms with Crippen molar-refractivity contribution in [3.63, 3.8) is 0 Å². The van der Waals surface area contributed by atoms with Crippen LogP contribution in [0.5, 0.6) is 11.5 Å². The molecule has 0 atom stereocenters. The average molecular weight is 440 g/mol. The summed E-state index contributed by atoms with van der Waals surface area (Å²) in [6, 6.07) is 10.9. The molecule has 0 aromatic heterocycles. The molecule has 0 aliphatic heterocycles. The minimum Gasteiger partial charge on any atom is -0.506 e. The van der Waals surface area contributed by atoms with Crippen LogP contribution in [0.1, 0.15) is 17.5 Å². The Balaban J connectivity index is 1.79. The number of phenols is 2. The summed E-state index contributed by atoms with van der Waals surface area (Å²) in [7, 11) is 0. The highest BCUT2D eigenvalue weighted by atomic mass is 79.9. The van der Waals surface area contributed by atoms with Gasteiger partial charge in [0.25, 0.3) is 0 Å². The van der Waals surface area contributed by atoms with Gasteiger partial charge in [-0.2, -0.15) is 0 Å². The van der Waals surface area contributed by atoms with E-state index < -0.39 is 0 Å². The smallest absolute Gasteiger partial charge is 0.138 e. The maximum Gasteiger partial charge on any atom is 0.138 e. The number of aromatic hydroxyl groups is 2. The maximum atomic E-state index is 9.82. The summed E-state index contributed by atoms with van der Waals surface area (Å²) >= 11 is 6.54. The van der Waals surface area contributed by atoms with Crippen LogP contribution in [0, 0.1) is 0 Å². The highest BCUT2D eigenvalue weighted by Crippen LogP contribution is 2.26. The molecule has 2 rings (SSSR count). The van der Waals surface area contributed by atoms with Gasteiger partial charge in [0.2, 0.25) is 0 Å². The summed E-state index contributed by atoms with van der Waals surface area (Å²) in [6.45, 7) is 1.24. The highest BCUT2D eigenvalue weighted by Gasteiger charge is 2.02. The molecule has 0 heterocycles. The third-order valence-electron chi connectivity index (χ3n) is 3.07. The number of rotatable bonds is 6. The van der Waals surface area contributed by atoms with Crippen molar-refractivity contribution >= 4 is 44.3 Å². The number of nitrogens with zero attached hydrogens (tertiary/aromatic N) is 2. The Morgan fingerprint density at radius 3 is 1.65 bits per heavy atom. The second-order valence-corrected chi connectivity index (χ2v) is 6.49. The third-order valence-corrected chi connectivity index (χ3v) is 4.35. The van der Waals surface area contributed by atoms with E-state index in [9.17, 15) is 10.2 Å². The van der Waals surface area contributed by atoms with Crippen LogP contribution in [-0.2, 0) is 0 Å². The molecule has 2 aromatic rings. The first kappa shape index (κ1) is 17.7. The minimum absolute atomic E-state index is 0.194. The van der Waals surface area contributed by atoms with E-state index in [2.05, 4.69) is 41.8 Å². The van der Waals surface area contributed by atoms with Crippen molar-refractivity contribution < 1.29 is 10.2 Å². The lowest BCUT2D eigenvalue weighted by Gasteiger charge is -2.01. The number of halogens is 2. The van der Waals surface area contributed by atoms with E-state index in [0.29, 0.717) is 33.2 Å². The molecule has 0 unspecified atom stereocenters. The van der Waals surface area contributed by atoms with E-state index in [1.165, 1.54) is 0 Å². The summed E-state index contributed by atoms with van der Waals surface area (Å²) in [5, 5.41) is 19.6. The molecule has 0 bridgehead atoms. The van der Waals surface area contributed by atoms with Crippen molar-refractivity contribution in [2.45, 2.75) is 6.42 Å². The quantitative estimate of drug-likeness (QED) is 0.512. The molecule has 0 radical (unpaired) electrons. The fourth-order valence-corrected chi connectivity index (χ4v) is 2.61. The van der Waals surface area contributed by atoms with E-state index in [-0.39, 0.29) is 11.5 Å². The largest absolute Gasteiger partial charge is 0.506 e. The van der Waals surface area contributed by atoms with E-state index >= 15 is 0 Å². The molecule has 0 saturated heterocycles. The molecule has 23 heavy (non-hydrogen) atoms. The monoisotopic (exact) mass is 438 g/mol. The Morgan fingerprint density at radius 1 is 0.783 bits per heavy atom. The number of hydrogen-bond acceptors (Lipinski definition) is 4. The molecule has 0 amide bonds. The second-order valence-electron chi connectivity index (χ2n) is 4.78. The minimum atomic E-state index is 0.194. The number of benzene rings is 2. The summed E-state index contributed by atoms with van der Waals surface area (Å²) < 4.78 is 1.31. The molecule has 4 nitrogen and oxygen atoms in total. The average Bonchev–Trinajstić information content (AvgIpc) is 2.54. The maximum absolute atomic E-state index is 9.82. The van der Waals surface area contributed by atoms with Crippen molar-refractivity contribution in [1.82, 2.24) is 0 Å². The predicted octanol–water partition coefficient (Wildman–Crippen LogP) is 4.55. The standard InChI is InChI=1S/C17H16Br2N2O2/c18-14-6-1-4-12(16(14)22)10-20-8-3-9-21-11-13-5-2-7-15(19)17(13)23/h1-2,4-7,10-11,22-23H,3,8-9H2. The van der Waals surface area contributed by atoms with Gasteiger partial charge in [-0.15, -0.1) is 0 Å². The Hall–Kier alpha value is -1.66. The van der Waals surface area contributed by atoms with Gasteiger partial charge in [0.05, 0.1) is 8.95 Å². The molecule has 0 saturated carbocycles. The van der Waals surface area contributed by atoms with Crippen LogP contribution in [0.15, 0.2) is 55.3 Å². The van der Waals surface area contributed by atoms with Crippen LogP contribution < -0.4 is 0 Å². The van der Waals surface area contributed by atoms with Crippen LogP contribution in [0.3, 0.4) is 0 Å². The Bertz CT molecular complexity index is 669. The number of para-hydroxylation sites is 2. The van der Waals surface area contributed by atoms with Crippen molar-refractivity contribution in [2.24, 2.45) is 9.98 Å². The summed E-state index contributed by atoms with van der Waals surface area (Å²) in [5.74, 6) is 0.388. The lowest BCUT2D eigenvalue weighted by Crippen LogP contribution is -1.90. The van der Waals surface area contributed by atoms with Gasteiger partial charge in [0, 0.05) is 36.6 Å². The van der Waals surface area contributed by atoms with Gasteiger partial charge < -0.3 is 10.2 Å². The SMILES string of the molecule is Oc1c(Br)cccc1C=NCCCN=Cc1cccc(Br)c1O. The Kier molecular flexibility index (Phi) is 6.80. The van der Waals surface area contributed by atoms with Crippen LogP contribution in [-0.4, -0.2) is 35.7 Å². The Morgan fingerprint density at radius 2 is 1.22 bits per heavy atom. The summed E-state index contributed by atoms with van der Waals surface area (Å²) in [4.78, 5) is 8.57. The molecule has 120 valence electrons. The molecule has 0 aliphatic carbocycles. The zero-order valence-corrected chi connectivity index (χ0v) is 15.5. The van der Waals surface area contributed by atoms with Gasteiger partial charge in [-0.1, -0.05) is 12.1 Å². The van der Waals surface area contributed by atoms with Crippen LogP contribution in [0.25, 0.3) is 0 Å². The molecular formula is C17H16Br2N2O2. The van der Waals surface area contributed by atoms with Crippen LogP contribution in [0.2, 0.25) is 0 Å². The van der Waals surface area contributed by atoms with Crippen molar-refractivity contribution in [3.8, 4) is 11.5 Å². The van der Waals surface area contributed by atoms with E-state index in [1.807, 2.05) is 12.1 Å². The van der Waals surface area contributed by atoms with Gasteiger partial charge in [-0.25, -0.2) is 0 Å². The first-order valence-electron chi connectivity index (χ1n) is 7.04. The van der Waals surface area contributed by atoms with E-state index in [4.69, 9.17) is 0 Å². The van der Waals surface area contributed by atoms with E-state index in [1.54, 1.807) is 36.7 Å². The van der Waals surface area contributed by atoms with E-state index in [0.717, 1.165) is 6.42 Å². The predicted molar refractivity (Wildman–Crippen MR) is 101 cm³/mol. The first-order valence-corrected chi connectivity index (χ1v) is 8.63. The molecule has 0 fully saturated rings. The molecule has 0 aliphatic rings. The zero-order valence-electron chi connectivity index (χ0n) is 12.3. The number of aliphatic imine (C=N–C) groups is 2. The first-order chi connectivity index (χ1) is 11.1. The summed E-state index contributed by atoms with van der Waals surface area (Å²) in [5.41, 5.74) is 1.36. The normalized spacial score (nSPS) is 11.6. The molecule has 6 heteroatoms. The van der Waals surface area contributed by atoms with Gasteiger partial charge >= 0.3 is 0 Å². The Labute approximate surface area is 151 Å². The molecule has 2 N–H and O–H groups in total.